The molecule has 1 heterocycles. The molecule has 1 N–H and O–H groups in total. The Bertz CT molecular complexity index is 1260. The SMILES string of the molecule is CCOc1ccc(-n2c(NCc3ccc(C(C)(C)C)cc3)nc3cc(CI)c(CI)cc32)cc1. The van der Waals surface area contributed by atoms with Crippen LogP contribution < -0.4 is 10.1 Å². The molecule has 3 aromatic carbocycles. The van der Waals surface area contributed by atoms with E-state index in [1.807, 2.05) is 19.1 Å². The van der Waals surface area contributed by atoms with E-state index >= 15 is 0 Å². The second kappa shape index (κ2) is 10.8. The Hall–Kier alpha value is -1.81. The molecule has 0 saturated heterocycles. The molecule has 0 spiro atoms. The molecule has 4 aromatic rings. The number of rotatable bonds is 8. The smallest absolute Gasteiger partial charge is 0.208 e. The summed E-state index contributed by atoms with van der Waals surface area (Å²) in [6.07, 6.45) is 0. The van der Waals surface area contributed by atoms with E-state index in [-0.39, 0.29) is 5.41 Å². The van der Waals surface area contributed by atoms with Crippen molar-refractivity contribution in [3.63, 3.8) is 0 Å². The standard InChI is InChI=1S/C28H31I2N3O/c1-5-34-24-12-10-23(11-13-24)33-26-15-21(17-30)20(16-29)14-25(26)32-27(33)31-18-19-6-8-22(9-7-19)28(2,3)4/h6-15H,5,16-18H2,1-4H3,(H,31,32). The van der Waals surface area contributed by atoms with Gasteiger partial charge in [0.15, 0.2) is 0 Å². The number of fused-ring (bicyclic) bond motifs is 1. The summed E-state index contributed by atoms with van der Waals surface area (Å²) in [5.41, 5.74) is 8.64. The Labute approximate surface area is 229 Å². The van der Waals surface area contributed by atoms with Crippen LogP contribution >= 0.6 is 45.2 Å². The van der Waals surface area contributed by atoms with E-state index in [2.05, 4.69) is 124 Å². The van der Waals surface area contributed by atoms with Crippen LogP contribution in [0.15, 0.2) is 60.7 Å². The zero-order valence-electron chi connectivity index (χ0n) is 20.2. The fourth-order valence-corrected chi connectivity index (χ4v) is 5.42. The zero-order chi connectivity index (χ0) is 24.3. The number of nitrogens with one attached hydrogen (secondary N) is 1. The van der Waals surface area contributed by atoms with Crippen LogP contribution in [-0.2, 0) is 20.8 Å². The number of imidazole rings is 1. The van der Waals surface area contributed by atoms with Gasteiger partial charge in [-0.25, -0.2) is 4.98 Å². The lowest BCUT2D eigenvalue weighted by molar-refractivity contribution is 0.340. The summed E-state index contributed by atoms with van der Waals surface area (Å²) in [6.45, 7) is 10.1. The average Bonchev–Trinajstić information content (AvgIpc) is 3.19. The third-order valence-electron chi connectivity index (χ3n) is 5.94. The van der Waals surface area contributed by atoms with E-state index in [0.29, 0.717) is 13.2 Å². The number of benzene rings is 3. The average molecular weight is 679 g/mol. The molecule has 0 amide bonds. The van der Waals surface area contributed by atoms with Crippen molar-refractivity contribution < 1.29 is 4.74 Å². The first-order valence-corrected chi connectivity index (χ1v) is 14.6. The van der Waals surface area contributed by atoms with Crippen LogP contribution in [0.25, 0.3) is 16.7 Å². The minimum absolute atomic E-state index is 0.153. The molecule has 0 atom stereocenters. The highest BCUT2D eigenvalue weighted by molar-refractivity contribution is 14.1. The first kappa shape index (κ1) is 25.3. The number of ether oxygens (including phenoxy) is 1. The molecule has 4 nitrogen and oxygen atoms in total. The zero-order valence-corrected chi connectivity index (χ0v) is 24.5. The van der Waals surface area contributed by atoms with Crippen molar-refractivity contribution in [1.82, 2.24) is 9.55 Å². The number of anilines is 1. The summed E-state index contributed by atoms with van der Waals surface area (Å²) in [7, 11) is 0. The quantitative estimate of drug-likeness (QED) is 0.151. The minimum atomic E-state index is 0.153. The van der Waals surface area contributed by atoms with Gasteiger partial charge in [0, 0.05) is 21.1 Å². The Balaban J connectivity index is 1.73. The van der Waals surface area contributed by atoms with Gasteiger partial charge in [0.25, 0.3) is 0 Å². The van der Waals surface area contributed by atoms with Crippen molar-refractivity contribution in [1.29, 1.82) is 0 Å². The lowest BCUT2D eigenvalue weighted by atomic mass is 9.87. The Morgan fingerprint density at radius 1 is 0.912 bits per heavy atom. The number of alkyl halides is 2. The summed E-state index contributed by atoms with van der Waals surface area (Å²) < 4.78 is 9.84. The van der Waals surface area contributed by atoms with Crippen molar-refractivity contribution in [3.05, 3.63) is 82.9 Å². The van der Waals surface area contributed by atoms with Gasteiger partial charge in [0.2, 0.25) is 5.95 Å². The van der Waals surface area contributed by atoms with E-state index in [0.717, 1.165) is 37.3 Å². The molecule has 34 heavy (non-hydrogen) atoms. The van der Waals surface area contributed by atoms with Gasteiger partial charge in [-0.05, 0) is 71.0 Å². The second-order valence-corrected chi connectivity index (χ2v) is 10.9. The number of halogens is 2. The van der Waals surface area contributed by atoms with Crippen molar-refractivity contribution in [2.75, 3.05) is 11.9 Å². The Kier molecular flexibility index (Phi) is 8.07. The highest BCUT2D eigenvalue weighted by Gasteiger charge is 2.16. The van der Waals surface area contributed by atoms with Crippen LogP contribution in [0.5, 0.6) is 5.75 Å². The fraction of sp³-hybridized carbons (Fsp3) is 0.321. The molecule has 0 saturated carbocycles. The Morgan fingerprint density at radius 3 is 2.15 bits per heavy atom. The Morgan fingerprint density at radius 2 is 1.56 bits per heavy atom. The molecule has 0 fully saturated rings. The van der Waals surface area contributed by atoms with Gasteiger partial charge in [-0.2, -0.15) is 0 Å². The molecule has 0 aliphatic rings. The summed E-state index contributed by atoms with van der Waals surface area (Å²) in [5, 5.41) is 3.61. The maximum atomic E-state index is 5.66. The summed E-state index contributed by atoms with van der Waals surface area (Å²) in [5.74, 6) is 1.73. The largest absolute Gasteiger partial charge is 0.494 e. The molecule has 6 heteroatoms. The third-order valence-corrected chi connectivity index (χ3v) is 7.58. The predicted octanol–water partition coefficient (Wildman–Crippen LogP) is 8.20. The first-order chi connectivity index (χ1) is 16.3. The molecule has 0 bridgehead atoms. The lowest BCUT2D eigenvalue weighted by Gasteiger charge is -2.19. The van der Waals surface area contributed by atoms with Gasteiger partial charge in [0.1, 0.15) is 5.75 Å². The summed E-state index contributed by atoms with van der Waals surface area (Å²) in [6, 6.07) is 21.7. The first-order valence-electron chi connectivity index (χ1n) is 11.6. The molecule has 0 aliphatic carbocycles. The maximum Gasteiger partial charge on any atom is 0.208 e. The summed E-state index contributed by atoms with van der Waals surface area (Å²) in [4.78, 5) is 5.02. The van der Waals surface area contributed by atoms with Gasteiger partial charge in [-0.15, -0.1) is 0 Å². The van der Waals surface area contributed by atoms with Gasteiger partial charge >= 0.3 is 0 Å². The molecular formula is C28H31I2N3O. The molecule has 1 aromatic heterocycles. The van der Waals surface area contributed by atoms with Crippen LogP contribution in [0, 0.1) is 0 Å². The molecule has 4 rings (SSSR count). The highest BCUT2D eigenvalue weighted by atomic mass is 127. The van der Waals surface area contributed by atoms with E-state index in [4.69, 9.17) is 9.72 Å². The molecular weight excluding hydrogens is 648 g/mol. The van der Waals surface area contributed by atoms with Crippen LogP contribution in [0.2, 0.25) is 0 Å². The second-order valence-electron chi connectivity index (χ2n) is 9.38. The monoisotopic (exact) mass is 679 g/mol. The highest BCUT2D eigenvalue weighted by Crippen LogP contribution is 2.31. The van der Waals surface area contributed by atoms with Gasteiger partial charge in [0.05, 0.1) is 17.6 Å². The van der Waals surface area contributed by atoms with Crippen LogP contribution in [0.3, 0.4) is 0 Å². The van der Waals surface area contributed by atoms with Crippen molar-refractivity contribution in [2.45, 2.75) is 48.5 Å². The van der Waals surface area contributed by atoms with E-state index in [9.17, 15) is 0 Å². The fourth-order valence-electron chi connectivity index (χ4n) is 4.00. The molecule has 0 aliphatic heterocycles. The van der Waals surface area contributed by atoms with E-state index in [1.54, 1.807) is 0 Å². The maximum absolute atomic E-state index is 5.66. The van der Waals surface area contributed by atoms with Gasteiger partial charge < -0.3 is 10.1 Å². The van der Waals surface area contributed by atoms with Crippen LogP contribution in [0.4, 0.5) is 5.95 Å². The van der Waals surface area contributed by atoms with E-state index < -0.39 is 0 Å². The van der Waals surface area contributed by atoms with Crippen molar-refractivity contribution >= 4 is 62.2 Å². The number of aromatic nitrogens is 2. The van der Waals surface area contributed by atoms with Crippen molar-refractivity contribution in [2.24, 2.45) is 0 Å². The van der Waals surface area contributed by atoms with Crippen molar-refractivity contribution in [3.8, 4) is 11.4 Å². The van der Waals surface area contributed by atoms with Gasteiger partial charge in [-0.3, -0.25) is 4.57 Å². The van der Waals surface area contributed by atoms with E-state index in [1.165, 1.54) is 22.3 Å². The summed E-state index contributed by atoms with van der Waals surface area (Å²) >= 11 is 4.89. The predicted molar refractivity (Wildman–Crippen MR) is 160 cm³/mol. The topological polar surface area (TPSA) is 39.1 Å². The van der Waals surface area contributed by atoms with Crippen LogP contribution in [0.1, 0.15) is 49.9 Å². The normalized spacial score (nSPS) is 11.7. The van der Waals surface area contributed by atoms with Gasteiger partial charge in [-0.1, -0.05) is 90.2 Å². The third kappa shape index (κ3) is 5.53. The number of nitrogens with zero attached hydrogens (tertiary/aromatic N) is 2. The molecule has 0 radical (unpaired) electrons. The molecule has 0 unspecified atom stereocenters. The molecule has 178 valence electrons. The minimum Gasteiger partial charge on any atom is -0.494 e. The number of hydrogen-bond donors (Lipinski definition) is 1. The number of hydrogen-bond acceptors (Lipinski definition) is 3. The van der Waals surface area contributed by atoms with Crippen LogP contribution in [-0.4, -0.2) is 16.2 Å². The lowest BCUT2D eigenvalue weighted by Crippen LogP contribution is -2.11.